The van der Waals surface area contributed by atoms with E-state index in [1.807, 2.05) is 6.92 Å². The van der Waals surface area contributed by atoms with Gasteiger partial charge in [-0.15, -0.1) is 0 Å². The number of nitrogens with zero attached hydrogens (tertiary/aromatic N) is 1. The average Bonchev–Trinajstić information content (AvgIpc) is 2.95. The molecular weight excluding hydrogens is 332 g/mol. The van der Waals surface area contributed by atoms with Gasteiger partial charge in [-0.2, -0.15) is 0 Å². The van der Waals surface area contributed by atoms with Crippen molar-refractivity contribution in [2.24, 2.45) is 0 Å². The number of hydrogen-bond acceptors (Lipinski definition) is 5. The molecule has 0 aliphatic carbocycles. The Morgan fingerprint density at radius 3 is 2.71 bits per heavy atom. The summed E-state index contributed by atoms with van der Waals surface area (Å²) in [6, 6.07) is 4.74. The summed E-state index contributed by atoms with van der Waals surface area (Å²) < 4.78 is 29.9. The molecule has 132 valence electrons. The first-order valence-electron chi connectivity index (χ1n) is 7.83. The highest BCUT2D eigenvalue weighted by Gasteiger charge is 2.27. The zero-order valence-corrected chi connectivity index (χ0v) is 14.9. The molecule has 24 heavy (non-hydrogen) atoms. The Hall–Kier alpha value is -2.09. The molecule has 0 saturated heterocycles. The second-order valence-corrected chi connectivity index (χ2v) is 7.67. The molecule has 0 fully saturated rings. The second kappa shape index (κ2) is 7.21. The number of anilines is 1. The van der Waals surface area contributed by atoms with Crippen LogP contribution >= 0.6 is 0 Å². The topological polar surface area (TPSA) is 92.8 Å². The fourth-order valence-corrected chi connectivity index (χ4v) is 3.48. The summed E-state index contributed by atoms with van der Waals surface area (Å²) in [5.74, 6) is -0.940. The minimum absolute atomic E-state index is 0.305. The van der Waals surface area contributed by atoms with Crippen LogP contribution in [0.2, 0.25) is 0 Å². The molecule has 0 radical (unpaired) electrons. The summed E-state index contributed by atoms with van der Waals surface area (Å²) in [5.41, 5.74) is 1.67. The van der Waals surface area contributed by atoms with Crippen LogP contribution in [0.5, 0.6) is 0 Å². The van der Waals surface area contributed by atoms with E-state index in [2.05, 4.69) is 5.32 Å². The third-order valence-corrected chi connectivity index (χ3v) is 4.95. The summed E-state index contributed by atoms with van der Waals surface area (Å²) >= 11 is 0. The van der Waals surface area contributed by atoms with Crippen molar-refractivity contribution in [1.82, 2.24) is 5.32 Å². The van der Waals surface area contributed by atoms with Crippen molar-refractivity contribution in [3.8, 4) is 0 Å². The van der Waals surface area contributed by atoms with Gasteiger partial charge in [0.1, 0.15) is 0 Å². The number of sulfonamides is 1. The molecule has 0 spiro atoms. The minimum Gasteiger partial charge on any atom is -0.449 e. The number of esters is 1. The van der Waals surface area contributed by atoms with Crippen LogP contribution < -0.4 is 9.62 Å². The molecule has 1 aromatic carbocycles. The van der Waals surface area contributed by atoms with Crippen LogP contribution in [0.3, 0.4) is 0 Å². The fourth-order valence-electron chi connectivity index (χ4n) is 2.52. The van der Waals surface area contributed by atoms with Crippen molar-refractivity contribution in [3.05, 3.63) is 29.3 Å². The molecular formula is C16H22N2O5S. The predicted molar refractivity (Wildman–Crippen MR) is 90.5 cm³/mol. The molecule has 1 atom stereocenters. The Kier molecular flexibility index (Phi) is 5.48. The van der Waals surface area contributed by atoms with E-state index in [1.54, 1.807) is 12.1 Å². The first-order chi connectivity index (χ1) is 11.2. The molecule has 1 amide bonds. The Labute approximate surface area is 142 Å². The van der Waals surface area contributed by atoms with Crippen LogP contribution in [0.15, 0.2) is 18.2 Å². The molecule has 1 aromatic rings. The summed E-state index contributed by atoms with van der Waals surface area (Å²) in [7, 11) is -3.32. The van der Waals surface area contributed by atoms with Gasteiger partial charge in [0.25, 0.3) is 5.91 Å². The number of nitrogens with one attached hydrogen (secondary N) is 1. The van der Waals surface area contributed by atoms with Gasteiger partial charge >= 0.3 is 5.97 Å². The highest BCUT2D eigenvalue weighted by molar-refractivity contribution is 7.92. The highest BCUT2D eigenvalue weighted by Crippen LogP contribution is 2.30. The zero-order chi connectivity index (χ0) is 17.9. The predicted octanol–water partition coefficient (Wildman–Crippen LogP) is 1.08. The van der Waals surface area contributed by atoms with Crippen molar-refractivity contribution in [2.45, 2.75) is 32.8 Å². The summed E-state index contributed by atoms with van der Waals surface area (Å²) in [4.78, 5) is 23.9. The quantitative estimate of drug-likeness (QED) is 0.772. The highest BCUT2D eigenvalue weighted by atomic mass is 32.2. The maximum absolute atomic E-state index is 12.2. The summed E-state index contributed by atoms with van der Waals surface area (Å²) in [5, 5.41) is 2.66. The molecule has 0 bridgehead atoms. The van der Waals surface area contributed by atoms with E-state index < -0.39 is 22.1 Å². The van der Waals surface area contributed by atoms with E-state index >= 15 is 0 Å². The van der Waals surface area contributed by atoms with Crippen LogP contribution in [-0.2, 0) is 26.0 Å². The van der Waals surface area contributed by atoms with Gasteiger partial charge in [0.05, 0.1) is 17.5 Å². The van der Waals surface area contributed by atoms with E-state index in [4.69, 9.17) is 4.74 Å². The molecule has 0 saturated carbocycles. The maximum Gasteiger partial charge on any atom is 0.338 e. The Morgan fingerprint density at radius 1 is 1.38 bits per heavy atom. The van der Waals surface area contributed by atoms with E-state index in [1.165, 1.54) is 17.3 Å². The van der Waals surface area contributed by atoms with Crippen LogP contribution in [0.25, 0.3) is 0 Å². The average molecular weight is 354 g/mol. The lowest BCUT2D eigenvalue weighted by Gasteiger charge is -2.17. The van der Waals surface area contributed by atoms with Crippen molar-refractivity contribution < 1.29 is 22.7 Å². The first kappa shape index (κ1) is 18.3. The van der Waals surface area contributed by atoms with Gasteiger partial charge in [-0.05, 0) is 43.5 Å². The Bertz CT molecular complexity index is 745. The molecule has 8 heteroatoms. The van der Waals surface area contributed by atoms with Gasteiger partial charge in [0.15, 0.2) is 6.10 Å². The van der Waals surface area contributed by atoms with Crippen molar-refractivity contribution in [2.75, 3.05) is 23.7 Å². The molecule has 1 aliphatic heterocycles. The number of rotatable bonds is 6. The molecule has 0 aromatic heterocycles. The first-order valence-corrected chi connectivity index (χ1v) is 9.68. The lowest BCUT2D eigenvalue weighted by molar-refractivity contribution is -0.129. The number of carbonyl (C=O) groups is 2. The normalized spacial score (nSPS) is 14.9. The maximum atomic E-state index is 12.2. The van der Waals surface area contributed by atoms with E-state index in [0.29, 0.717) is 30.8 Å². The molecule has 1 N–H and O–H groups in total. The minimum atomic E-state index is -3.32. The third-order valence-electron chi connectivity index (χ3n) is 3.77. The summed E-state index contributed by atoms with van der Waals surface area (Å²) in [6.45, 7) is 4.34. The second-order valence-electron chi connectivity index (χ2n) is 5.77. The number of carbonyl (C=O) groups excluding carboxylic acids is 2. The van der Waals surface area contributed by atoms with Crippen molar-refractivity contribution >= 4 is 27.6 Å². The van der Waals surface area contributed by atoms with E-state index in [9.17, 15) is 18.0 Å². The third kappa shape index (κ3) is 4.05. The van der Waals surface area contributed by atoms with Gasteiger partial charge in [0, 0.05) is 13.1 Å². The lowest BCUT2D eigenvalue weighted by Crippen LogP contribution is -2.36. The van der Waals surface area contributed by atoms with Crippen LogP contribution in [-0.4, -0.2) is 45.7 Å². The van der Waals surface area contributed by atoms with E-state index in [-0.39, 0.29) is 5.91 Å². The zero-order valence-electron chi connectivity index (χ0n) is 14.0. The van der Waals surface area contributed by atoms with Gasteiger partial charge < -0.3 is 10.1 Å². The van der Waals surface area contributed by atoms with Gasteiger partial charge in [0.2, 0.25) is 10.0 Å². The Morgan fingerprint density at radius 2 is 2.08 bits per heavy atom. The van der Waals surface area contributed by atoms with Crippen LogP contribution in [0, 0.1) is 0 Å². The lowest BCUT2D eigenvalue weighted by atomic mass is 10.1. The molecule has 7 nitrogen and oxygen atoms in total. The summed E-state index contributed by atoms with van der Waals surface area (Å²) in [6.07, 6.45) is 1.61. The molecule has 2 rings (SSSR count). The number of amides is 1. The van der Waals surface area contributed by atoms with Gasteiger partial charge in [-0.25, -0.2) is 13.2 Å². The monoisotopic (exact) mass is 354 g/mol. The van der Waals surface area contributed by atoms with Crippen molar-refractivity contribution in [1.29, 1.82) is 0 Å². The van der Waals surface area contributed by atoms with Gasteiger partial charge in [-0.3, -0.25) is 9.10 Å². The number of fused-ring (bicyclic) bond motifs is 1. The SMILES string of the molecule is CCCNC(=O)[C@@H](C)OC(=O)c1ccc2c(c1)CCN2S(C)(=O)=O. The van der Waals surface area contributed by atoms with Crippen LogP contribution in [0.4, 0.5) is 5.69 Å². The van der Waals surface area contributed by atoms with Crippen molar-refractivity contribution in [3.63, 3.8) is 0 Å². The van der Waals surface area contributed by atoms with Crippen LogP contribution in [0.1, 0.15) is 36.2 Å². The number of ether oxygens (including phenoxy) is 1. The van der Waals surface area contributed by atoms with E-state index in [0.717, 1.165) is 18.2 Å². The standard InChI is InChI=1S/C16H22N2O5S/c1-4-8-17-15(19)11(2)23-16(20)13-5-6-14-12(10-13)7-9-18(14)24(3,21)22/h5-6,10-11H,4,7-9H2,1-3H3,(H,17,19)/t11-/m1/s1. The molecule has 1 heterocycles. The molecule has 0 unspecified atom stereocenters. The number of hydrogen-bond donors (Lipinski definition) is 1. The fraction of sp³-hybridized carbons (Fsp3) is 0.500. The largest absolute Gasteiger partial charge is 0.449 e. The number of benzene rings is 1. The smallest absolute Gasteiger partial charge is 0.338 e. The Balaban J connectivity index is 2.09. The van der Waals surface area contributed by atoms with Gasteiger partial charge in [-0.1, -0.05) is 6.92 Å². The molecule has 1 aliphatic rings.